The molecule has 0 aromatic heterocycles. The Morgan fingerprint density at radius 2 is 2.12 bits per heavy atom. The van der Waals surface area contributed by atoms with Crippen molar-refractivity contribution in [1.82, 2.24) is 5.32 Å². The molecule has 1 fully saturated rings. The number of nitrogen functional groups attached to an aromatic ring is 1. The molecule has 4 nitrogen and oxygen atoms in total. The first-order valence-electron chi connectivity index (χ1n) is 5.66. The smallest absolute Gasteiger partial charge is 0.202 e. The van der Waals surface area contributed by atoms with Gasteiger partial charge in [-0.25, -0.2) is 8.42 Å². The van der Waals surface area contributed by atoms with Gasteiger partial charge >= 0.3 is 0 Å². The van der Waals surface area contributed by atoms with Gasteiger partial charge in [0.1, 0.15) is 4.90 Å². The third-order valence-corrected chi connectivity index (χ3v) is 4.75. The van der Waals surface area contributed by atoms with Crippen LogP contribution in [0.5, 0.6) is 0 Å². The maximum Gasteiger partial charge on any atom is 0.202 e. The average Bonchev–Trinajstić information content (AvgIpc) is 3.03. The maximum absolute atomic E-state index is 12.0. The van der Waals surface area contributed by atoms with E-state index in [-0.39, 0.29) is 4.90 Å². The summed E-state index contributed by atoms with van der Waals surface area (Å²) in [5.74, 6) is 0. The highest BCUT2D eigenvalue weighted by Crippen LogP contribution is 2.37. The zero-order chi connectivity index (χ0) is 12.0. The van der Waals surface area contributed by atoms with E-state index < -0.39 is 9.84 Å². The molecule has 1 aliphatic carbocycles. The monoisotopic (exact) mass is 250 g/mol. The second-order valence-electron chi connectivity index (χ2n) is 4.57. The van der Waals surface area contributed by atoms with Gasteiger partial charge in [0.2, 0.25) is 9.84 Å². The molecule has 5 heteroatoms. The van der Waals surface area contributed by atoms with Crippen molar-refractivity contribution in [2.75, 3.05) is 12.3 Å². The lowest BCUT2D eigenvalue weighted by Gasteiger charge is -2.06. The van der Waals surface area contributed by atoms with Crippen LogP contribution in [-0.4, -0.2) is 21.0 Å². The zero-order valence-corrected chi connectivity index (χ0v) is 10.1. The van der Waals surface area contributed by atoms with E-state index in [4.69, 9.17) is 5.73 Å². The van der Waals surface area contributed by atoms with Crippen LogP contribution in [0.15, 0.2) is 28.5 Å². The highest BCUT2D eigenvalue weighted by molar-refractivity contribution is 7.95. The standard InChI is InChI=1S/C12H14N2O2S/c13-11-3-1-2-10-8(6-14-9-4-5-9)7-17(15,16)12(10)11/h1-3,7,9,14H,4-6,13H2. The van der Waals surface area contributed by atoms with Crippen molar-refractivity contribution in [2.45, 2.75) is 23.8 Å². The van der Waals surface area contributed by atoms with Crippen molar-refractivity contribution in [3.8, 4) is 0 Å². The fourth-order valence-electron chi connectivity index (χ4n) is 2.11. The van der Waals surface area contributed by atoms with E-state index in [1.165, 1.54) is 18.2 Å². The maximum atomic E-state index is 12.0. The van der Waals surface area contributed by atoms with Crippen LogP contribution >= 0.6 is 0 Å². The summed E-state index contributed by atoms with van der Waals surface area (Å²) in [6, 6.07) is 5.79. The normalized spacial score (nSPS) is 21.1. The molecule has 0 unspecified atom stereocenters. The molecule has 3 rings (SSSR count). The Bertz CT molecular complexity index is 601. The molecular weight excluding hydrogens is 236 g/mol. The molecule has 0 spiro atoms. The summed E-state index contributed by atoms with van der Waals surface area (Å²) in [5.41, 5.74) is 7.65. The fraction of sp³-hybridized carbons (Fsp3) is 0.333. The van der Waals surface area contributed by atoms with E-state index in [2.05, 4.69) is 5.32 Å². The third-order valence-electron chi connectivity index (χ3n) is 3.13. The molecule has 1 aliphatic heterocycles. The van der Waals surface area contributed by atoms with Gasteiger partial charge in [0.25, 0.3) is 0 Å². The van der Waals surface area contributed by atoms with Crippen molar-refractivity contribution in [3.63, 3.8) is 0 Å². The van der Waals surface area contributed by atoms with E-state index in [9.17, 15) is 8.42 Å². The van der Waals surface area contributed by atoms with Gasteiger partial charge in [-0.2, -0.15) is 0 Å². The van der Waals surface area contributed by atoms with Crippen molar-refractivity contribution in [2.24, 2.45) is 0 Å². The molecule has 1 aromatic rings. The minimum atomic E-state index is -3.34. The minimum Gasteiger partial charge on any atom is -0.398 e. The van der Waals surface area contributed by atoms with Crippen molar-refractivity contribution in [1.29, 1.82) is 0 Å². The van der Waals surface area contributed by atoms with Gasteiger partial charge in [0.05, 0.1) is 5.69 Å². The van der Waals surface area contributed by atoms with Crippen molar-refractivity contribution >= 4 is 21.1 Å². The van der Waals surface area contributed by atoms with E-state index in [1.807, 2.05) is 6.07 Å². The van der Waals surface area contributed by atoms with Crippen molar-refractivity contribution < 1.29 is 8.42 Å². The van der Waals surface area contributed by atoms with Gasteiger partial charge in [-0.05, 0) is 24.5 Å². The number of hydrogen-bond donors (Lipinski definition) is 2. The van der Waals surface area contributed by atoms with Crippen LogP contribution in [0.2, 0.25) is 0 Å². The molecule has 0 atom stereocenters. The molecule has 17 heavy (non-hydrogen) atoms. The van der Waals surface area contributed by atoms with Crippen molar-refractivity contribution in [3.05, 3.63) is 29.2 Å². The predicted octanol–water partition coefficient (Wildman–Crippen LogP) is 1.15. The quantitative estimate of drug-likeness (QED) is 0.789. The largest absolute Gasteiger partial charge is 0.398 e. The molecule has 90 valence electrons. The van der Waals surface area contributed by atoms with Crippen LogP contribution in [-0.2, 0) is 9.84 Å². The van der Waals surface area contributed by atoms with E-state index in [1.54, 1.807) is 12.1 Å². The first-order valence-corrected chi connectivity index (χ1v) is 7.20. The number of anilines is 1. The summed E-state index contributed by atoms with van der Waals surface area (Å²) in [4.78, 5) is 0.271. The van der Waals surface area contributed by atoms with Crippen LogP contribution in [0.3, 0.4) is 0 Å². The predicted molar refractivity (Wildman–Crippen MR) is 67.0 cm³/mol. The van der Waals surface area contributed by atoms with Crippen LogP contribution < -0.4 is 11.1 Å². The Balaban J connectivity index is 1.99. The van der Waals surface area contributed by atoms with Gasteiger partial charge in [0.15, 0.2) is 0 Å². The summed E-state index contributed by atoms with van der Waals surface area (Å²) in [7, 11) is -3.34. The lowest BCUT2D eigenvalue weighted by molar-refractivity contribution is 0.606. The molecule has 1 heterocycles. The zero-order valence-electron chi connectivity index (χ0n) is 9.31. The number of nitrogens with one attached hydrogen (secondary N) is 1. The van der Waals surface area contributed by atoms with Gasteiger partial charge in [0, 0.05) is 23.6 Å². The van der Waals surface area contributed by atoms with E-state index in [0.717, 1.165) is 11.1 Å². The Morgan fingerprint density at radius 3 is 2.82 bits per heavy atom. The molecule has 0 amide bonds. The highest BCUT2D eigenvalue weighted by atomic mass is 32.2. The number of sulfone groups is 1. The van der Waals surface area contributed by atoms with Gasteiger partial charge in [-0.3, -0.25) is 0 Å². The van der Waals surface area contributed by atoms with Crippen LogP contribution in [0.1, 0.15) is 18.4 Å². The SMILES string of the molecule is Nc1cccc2c1S(=O)(=O)C=C2CNC1CC1. The molecule has 1 saturated carbocycles. The number of fused-ring (bicyclic) bond motifs is 1. The number of rotatable bonds is 3. The Hall–Kier alpha value is -1.33. The van der Waals surface area contributed by atoms with Gasteiger partial charge in [-0.1, -0.05) is 12.1 Å². The average molecular weight is 250 g/mol. The Labute approximate surface area is 100 Å². The molecule has 1 aromatic carbocycles. The molecular formula is C12H14N2O2S. The first kappa shape index (κ1) is 10.8. The lowest BCUT2D eigenvalue weighted by Crippen LogP contribution is -2.18. The van der Waals surface area contributed by atoms with Crippen LogP contribution in [0.25, 0.3) is 5.57 Å². The van der Waals surface area contributed by atoms with Crippen LogP contribution in [0, 0.1) is 0 Å². The fourth-order valence-corrected chi connectivity index (χ4v) is 3.72. The number of benzene rings is 1. The summed E-state index contributed by atoms with van der Waals surface area (Å²) in [5, 5.41) is 4.66. The van der Waals surface area contributed by atoms with Crippen LogP contribution in [0.4, 0.5) is 5.69 Å². The second-order valence-corrected chi connectivity index (χ2v) is 6.30. The summed E-state index contributed by atoms with van der Waals surface area (Å²) in [6.45, 7) is 0.598. The Morgan fingerprint density at radius 1 is 1.35 bits per heavy atom. The molecule has 0 radical (unpaired) electrons. The van der Waals surface area contributed by atoms with Gasteiger partial charge in [-0.15, -0.1) is 0 Å². The Kier molecular flexibility index (Phi) is 2.27. The molecule has 0 bridgehead atoms. The summed E-state index contributed by atoms with van der Waals surface area (Å²) < 4.78 is 23.9. The molecule has 3 N–H and O–H groups in total. The lowest BCUT2D eigenvalue weighted by atomic mass is 10.1. The van der Waals surface area contributed by atoms with Gasteiger partial charge < -0.3 is 11.1 Å². The summed E-state index contributed by atoms with van der Waals surface area (Å²) in [6.07, 6.45) is 2.37. The highest BCUT2D eigenvalue weighted by Gasteiger charge is 2.30. The number of nitrogens with two attached hydrogens (primary N) is 1. The van der Waals surface area contributed by atoms with E-state index in [0.29, 0.717) is 18.3 Å². The first-order chi connectivity index (χ1) is 8.08. The summed E-state index contributed by atoms with van der Waals surface area (Å²) >= 11 is 0. The molecule has 2 aliphatic rings. The minimum absolute atomic E-state index is 0.271. The third kappa shape index (κ3) is 1.85. The topological polar surface area (TPSA) is 72.2 Å². The molecule has 0 saturated heterocycles. The second kappa shape index (κ2) is 3.58. The van der Waals surface area contributed by atoms with E-state index >= 15 is 0 Å². The number of hydrogen-bond acceptors (Lipinski definition) is 4.